The summed E-state index contributed by atoms with van der Waals surface area (Å²) < 4.78 is 0. The predicted octanol–water partition coefficient (Wildman–Crippen LogP) is 14.0. The SMILES string of the molecule is C1=CC=CNC=C1.CCCCCCCCCCCCCCCCCCCCCCCCCCCCCC(O)CCCCC. The molecule has 0 aromatic carbocycles. The van der Waals surface area contributed by atoms with Gasteiger partial charge in [0.1, 0.15) is 0 Å². The number of unbranched alkanes of at least 4 members (excludes halogenated alkanes) is 28. The van der Waals surface area contributed by atoms with Crippen molar-refractivity contribution in [3.8, 4) is 0 Å². The third kappa shape index (κ3) is 39.0. The molecule has 1 atom stereocenters. The molecule has 254 valence electrons. The van der Waals surface area contributed by atoms with Gasteiger partial charge in [0.25, 0.3) is 0 Å². The molecule has 1 aliphatic heterocycles. The van der Waals surface area contributed by atoms with Gasteiger partial charge in [-0.15, -0.1) is 0 Å². The minimum Gasteiger partial charge on any atom is -0.393 e. The van der Waals surface area contributed by atoms with E-state index < -0.39 is 0 Å². The van der Waals surface area contributed by atoms with Crippen molar-refractivity contribution < 1.29 is 5.11 Å². The molecule has 0 saturated carbocycles. The molecule has 0 radical (unpaired) electrons. The summed E-state index contributed by atoms with van der Waals surface area (Å²) in [4.78, 5) is 0. The van der Waals surface area contributed by atoms with Gasteiger partial charge in [0.2, 0.25) is 0 Å². The Hall–Kier alpha value is -1.02. The van der Waals surface area contributed by atoms with Crippen molar-refractivity contribution in [3.05, 3.63) is 36.7 Å². The molecule has 0 aliphatic carbocycles. The summed E-state index contributed by atoms with van der Waals surface area (Å²) in [7, 11) is 0. The zero-order chi connectivity index (χ0) is 31.2. The molecule has 1 unspecified atom stereocenters. The third-order valence-electron chi connectivity index (χ3n) is 9.00. The molecular weight excluding hydrogens is 522 g/mol. The molecule has 0 spiro atoms. The minimum atomic E-state index is -0.0317. The highest BCUT2D eigenvalue weighted by atomic mass is 16.3. The molecule has 0 amide bonds. The number of allylic oxidation sites excluding steroid dienone is 4. The zero-order valence-corrected chi connectivity index (χ0v) is 29.6. The van der Waals surface area contributed by atoms with Gasteiger partial charge in [-0.1, -0.05) is 219 Å². The number of hydrogen-bond acceptors (Lipinski definition) is 2. The Labute approximate surface area is 272 Å². The normalized spacial score (nSPS) is 13.0. The lowest BCUT2D eigenvalue weighted by Gasteiger charge is -2.09. The first kappa shape index (κ1) is 42.0. The summed E-state index contributed by atoms with van der Waals surface area (Å²) in [6, 6.07) is 0. The van der Waals surface area contributed by atoms with Crippen LogP contribution in [0.2, 0.25) is 0 Å². The smallest absolute Gasteiger partial charge is 0.0540 e. The van der Waals surface area contributed by atoms with E-state index in [2.05, 4.69) is 19.2 Å². The molecule has 1 heterocycles. The maximum Gasteiger partial charge on any atom is 0.0540 e. The van der Waals surface area contributed by atoms with Gasteiger partial charge in [0.15, 0.2) is 0 Å². The summed E-state index contributed by atoms with van der Waals surface area (Å²) in [6.45, 7) is 4.53. The Kier molecular flexibility index (Phi) is 38.1. The van der Waals surface area contributed by atoms with Crippen LogP contribution in [0.5, 0.6) is 0 Å². The van der Waals surface area contributed by atoms with E-state index in [0.29, 0.717) is 0 Å². The second-order valence-electron chi connectivity index (χ2n) is 13.4. The average Bonchev–Trinajstić information content (AvgIpc) is 3.35. The van der Waals surface area contributed by atoms with Gasteiger partial charge in [0, 0.05) is 12.4 Å². The summed E-state index contributed by atoms with van der Waals surface area (Å²) in [6.07, 6.45) is 56.4. The van der Waals surface area contributed by atoms with E-state index >= 15 is 0 Å². The standard InChI is InChI=1S/C35H72O.C6H7N/c1-3-5-7-8-9-10-11-12-13-14-15-16-17-18-19-20-21-22-23-24-25-26-27-28-29-30-32-34-35(36)33-31-6-4-2;1-2-4-6-7-5-3-1/h35-36H,3-34H2,1-2H3;1-7H. The molecular formula is C41H79NO. The molecule has 1 aliphatic rings. The molecule has 43 heavy (non-hydrogen) atoms. The first-order valence-corrected chi connectivity index (χ1v) is 19.7. The van der Waals surface area contributed by atoms with Gasteiger partial charge >= 0.3 is 0 Å². The molecule has 0 bridgehead atoms. The average molecular weight is 602 g/mol. The van der Waals surface area contributed by atoms with E-state index in [1.165, 1.54) is 193 Å². The second kappa shape index (κ2) is 39.0. The molecule has 1 rings (SSSR count). The van der Waals surface area contributed by atoms with Crippen molar-refractivity contribution in [1.29, 1.82) is 0 Å². The Morgan fingerprint density at radius 1 is 0.349 bits per heavy atom. The zero-order valence-electron chi connectivity index (χ0n) is 29.6. The van der Waals surface area contributed by atoms with Crippen molar-refractivity contribution in [2.75, 3.05) is 0 Å². The van der Waals surface area contributed by atoms with Crippen molar-refractivity contribution in [1.82, 2.24) is 5.32 Å². The largest absolute Gasteiger partial charge is 0.393 e. The van der Waals surface area contributed by atoms with Gasteiger partial charge in [-0.3, -0.25) is 0 Å². The first-order valence-electron chi connectivity index (χ1n) is 19.7. The van der Waals surface area contributed by atoms with Gasteiger partial charge in [-0.2, -0.15) is 0 Å². The van der Waals surface area contributed by atoms with Gasteiger partial charge < -0.3 is 10.4 Å². The van der Waals surface area contributed by atoms with Crippen LogP contribution in [0.1, 0.15) is 219 Å². The Morgan fingerprint density at radius 2 is 0.581 bits per heavy atom. The molecule has 0 saturated heterocycles. The summed E-state index contributed by atoms with van der Waals surface area (Å²) in [5, 5.41) is 12.9. The van der Waals surface area contributed by atoms with E-state index in [1.54, 1.807) is 0 Å². The second-order valence-corrected chi connectivity index (χ2v) is 13.4. The topological polar surface area (TPSA) is 32.3 Å². The lowest BCUT2D eigenvalue weighted by atomic mass is 10.0. The van der Waals surface area contributed by atoms with Gasteiger partial charge in [0.05, 0.1) is 6.10 Å². The molecule has 2 nitrogen and oxygen atoms in total. The van der Waals surface area contributed by atoms with Crippen molar-refractivity contribution >= 4 is 0 Å². The van der Waals surface area contributed by atoms with Crippen molar-refractivity contribution in [2.45, 2.75) is 225 Å². The Morgan fingerprint density at radius 3 is 0.884 bits per heavy atom. The molecule has 2 N–H and O–H groups in total. The van der Waals surface area contributed by atoms with Crippen LogP contribution in [0.15, 0.2) is 36.7 Å². The molecule has 0 fully saturated rings. The fourth-order valence-electron chi connectivity index (χ4n) is 6.05. The van der Waals surface area contributed by atoms with Crippen LogP contribution in [-0.4, -0.2) is 11.2 Å². The highest BCUT2D eigenvalue weighted by Crippen LogP contribution is 2.17. The number of aliphatic hydroxyl groups excluding tert-OH is 1. The van der Waals surface area contributed by atoms with Crippen molar-refractivity contribution in [2.24, 2.45) is 0 Å². The first-order chi connectivity index (χ1) is 21.3. The summed E-state index contributed by atoms with van der Waals surface area (Å²) in [5.41, 5.74) is 0. The number of nitrogens with one attached hydrogen (secondary N) is 1. The van der Waals surface area contributed by atoms with Crippen LogP contribution in [0.25, 0.3) is 0 Å². The van der Waals surface area contributed by atoms with Crippen LogP contribution < -0.4 is 5.32 Å². The van der Waals surface area contributed by atoms with Crippen LogP contribution in [0, 0.1) is 0 Å². The quantitative estimate of drug-likeness (QED) is 0.0752. The minimum absolute atomic E-state index is 0.0317. The lowest BCUT2D eigenvalue weighted by molar-refractivity contribution is 0.147. The van der Waals surface area contributed by atoms with E-state index in [-0.39, 0.29) is 6.10 Å². The summed E-state index contributed by atoms with van der Waals surface area (Å²) in [5.74, 6) is 0. The van der Waals surface area contributed by atoms with Crippen molar-refractivity contribution in [3.63, 3.8) is 0 Å². The lowest BCUT2D eigenvalue weighted by Crippen LogP contribution is -2.05. The number of aliphatic hydroxyl groups is 1. The molecule has 0 aromatic rings. The number of hydrogen-bond donors (Lipinski definition) is 2. The van der Waals surface area contributed by atoms with E-state index in [4.69, 9.17) is 0 Å². The van der Waals surface area contributed by atoms with Crippen LogP contribution in [-0.2, 0) is 0 Å². The molecule has 2 heteroatoms. The fourth-order valence-corrected chi connectivity index (χ4v) is 6.05. The van der Waals surface area contributed by atoms with E-state index in [0.717, 1.165) is 12.8 Å². The Balaban J connectivity index is 0.00000218. The number of rotatable bonds is 32. The highest BCUT2D eigenvalue weighted by molar-refractivity contribution is 5.14. The monoisotopic (exact) mass is 602 g/mol. The summed E-state index contributed by atoms with van der Waals surface area (Å²) >= 11 is 0. The maximum atomic E-state index is 9.97. The maximum absolute atomic E-state index is 9.97. The van der Waals surface area contributed by atoms with E-state index in [9.17, 15) is 5.11 Å². The third-order valence-corrected chi connectivity index (χ3v) is 9.00. The van der Waals surface area contributed by atoms with Gasteiger partial charge in [-0.25, -0.2) is 0 Å². The fraction of sp³-hybridized carbons (Fsp3) is 0.854. The van der Waals surface area contributed by atoms with Gasteiger partial charge in [-0.05, 0) is 25.0 Å². The van der Waals surface area contributed by atoms with E-state index in [1.807, 2.05) is 36.7 Å². The van der Waals surface area contributed by atoms with Crippen LogP contribution in [0.4, 0.5) is 0 Å². The molecule has 0 aromatic heterocycles. The Bertz CT molecular complexity index is 566. The predicted molar refractivity (Wildman–Crippen MR) is 196 cm³/mol. The highest BCUT2D eigenvalue weighted by Gasteiger charge is 2.03. The van der Waals surface area contributed by atoms with Crippen LogP contribution >= 0.6 is 0 Å². The van der Waals surface area contributed by atoms with Crippen LogP contribution in [0.3, 0.4) is 0 Å².